The van der Waals surface area contributed by atoms with Gasteiger partial charge in [0.25, 0.3) is 0 Å². The predicted octanol–water partition coefficient (Wildman–Crippen LogP) is 4.76. The van der Waals surface area contributed by atoms with Crippen LogP contribution in [0.15, 0.2) is 49.1 Å². The molecule has 0 radical (unpaired) electrons. The summed E-state index contributed by atoms with van der Waals surface area (Å²) < 4.78 is 0. The summed E-state index contributed by atoms with van der Waals surface area (Å²) in [7, 11) is 0. The van der Waals surface area contributed by atoms with E-state index < -0.39 is 0 Å². The molecule has 2 heteroatoms. The van der Waals surface area contributed by atoms with Crippen LogP contribution in [0.1, 0.15) is 52.7 Å². The fourth-order valence-corrected chi connectivity index (χ4v) is 1.70. The van der Waals surface area contributed by atoms with E-state index in [2.05, 4.69) is 75.8 Å². The third kappa shape index (κ3) is 5.52. The van der Waals surface area contributed by atoms with Crippen molar-refractivity contribution in [3.05, 3.63) is 60.2 Å². The maximum Gasteiger partial charge on any atom is 0.0270 e. The molecule has 2 rings (SSSR count). The van der Waals surface area contributed by atoms with Gasteiger partial charge in [-0.1, -0.05) is 41.5 Å². The zero-order valence-corrected chi connectivity index (χ0v) is 13.5. The molecule has 0 spiro atoms. The van der Waals surface area contributed by atoms with E-state index >= 15 is 0 Å². The third-order valence-corrected chi connectivity index (χ3v) is 3.09. The smallest absolute Gasteiger partial charge is 0.0270 e. The molecule has 0 aliphatic carbocycles. The lowest BCUT2D eigenvalue weighted by Gasteiger charge is -2.17. The molecule has 20 heavy (non-hydrogen) atoms. The minimum Gasteiger partial charge on any atom is -0.265 e. The van der Waals surface area contributed by atoms with Crippen LogP contribution in [0.4, 0.5) is 0 Å². The van der Waals surface area contributed by atoms with Crippen molar-refractivity contribution >= 4 is 0 Å². The molecule has 0 aliphatic rings. The zero-order valence-electron chi connectivity index (χ0n) is 13.5. The summed E-state index contributed by atoms with van der Waals surface area (Å²) in [5.41, 5.74) is 3.18. The van der Waals surface area contributed by atoms with Gasteiger partial charge in [0.2, 0.25) is 0 Å². The molecule has 0 atom stereocenters. The molecule has 2 aromatic rings. The second-order valence-corrected chi connectivity index (χ2v) is 6.97. The monoisotopic (exact) mass is 270 g/mol. The Bertz CT molecular complexity index is 441. The van der Waals surface area contributed by atoms with Crippen molar-refractivity contribution in [3.8, 4) is 0 Å². The average Bonchev–Trinajstić information content (AvgIpc) is 2.40. The Balaban J connectivity index is 0.000000200. The number of hydrogen-bond acceptors (Lipinski definition) is 2. The Morgan fingerprint density at radius 1 is 0.550 bits per heavy atom. The maximum atomic E-state index is 3.96. The van der Waals surface area contributed by atoms with Crippen molar-refractivity contribution in [2.24, 2.45) is 0 Å². The lowest BCUT2D eigenvalue weighted by atomic mass is 9.88. The van der Waals surface area contributed by atoms with Gasteiger partial charge in [0.05, 0.1) is 0 Å². The van der Waals surface area contributed by atoms with E-state index in [9.17, 15) is 0 Å². The molecule has 0 saturated carbocycles. The van der Waals surface area contributed by atoms with Gasteiger partial charge in [-0.3, -0.25) is 9.97 Å². The highest BCUT2D eigenvalue weighted by Crippen LogP contribution is 2.20. The average molecular weight is 270 g/mol. The Morgan fingerprint density at radius 2 is 0.800 bits per heavy atom. The van der Waals surface area contributed by atoms with Gasteiger partial charge in [-0.2, -0.15) is 0 Å². The number of pyridine rings is 2. The minimum atomic E-state index is 0.253. The van der Waals surface area contributed by atoms with Crippen molar-refractivity contribution in [2.45, 2.75) is 52.4 Å². The highest BCUT2D eigenvalue weighted by molar-refractivity contribution is 5.19. The van der Waals surface area contributed by atoms with Crippen molar-refractivity contribution in [1.82, 2.24) is 9.97 Å². The van der Waals surface area contributed by atoms with Crippen LogP contribution in [-0.4, -0.2) is 9.97 Å². The second kappa shape index (κ2) is 6.65. The first-order valence-corrected chi connectivity index (χ1v) is 7.02. The molecule has 2 heterocycles. The first-order chi connectivity index (χ1) is 9.21. The van der Waals surface area contributed by atoms with Gasteiger partial charge in [0, 0.05) is 24.8 Å². The van der Waals surface area contributed by atoms with Gasteiger partial charge in [-0.15, -0.1) is 0 Å². The molecule has 0 saturated heterocycles. The third-order valence-electron chi connectivity index (χ3n) is 3.09. The van der Waals surface area contributed by atoms with E-state index in [1.54, 1.807) is 0 Å². The van der Waals surface area contributed by atoms with Gasteiger partial charge in [0.1, 0.15) is 0 Å². The molecule has 0 aromatic carbocycles. The van der Waals surface area contributed by atoms with Crippen LogP contribution < -0.4 is 0 Å². The van der Waals surface area contributed by atoms with Crippen LogP contribution in [0.25, 0.3) is 0 Å². The summed E-state index contributed by atoms with van der Waals surface area (Å²) in [6, 6.07) is 8.22. The van der Waals surface area contributed by atoms with Gasteiger partial charge in [-0.05, 0) is 46.2 Å². The number of hydrogen-bond donors (Lipinski definition) is 0. The van der Waals surface area contributed by atoms with E-state index in [0.29, 0.717) is 0 Å². The Morgan fingerprint density at radius 3 is 0.950 bits per heavy atom. The number of rotatable bonds is 0. The lowest BCUT2D eigenvalue weighted by molar-refractivity contribution is 0.589. The number of nitrogens with zero attached hydrogens (tertiary/aromatic N) is 2. The first kappa shape index (κ1) is 16.4. The normalized spacial score (nSPS) is 11.5. The van der Waals surface area contributed by atoms with Crippen molar-refractivity contribution in [2.75, 3.05) is 0 Å². The van der Waals surface area contributed by atoms with Crippen molar-refractivity contribution < 1.29 is 0 Å². The van der Waals surface area contributed by atoms with Crippen LogP contribution in [0.5, 0.6) is 0 Å². The number of aromatic nitrogens is 2. The highest BCUT2D eigenvalue weighted by atomic mass is 14.6. The standard InChI is InChI=1S/2C9H13N/c2*1-9(2,3)8-4-6-10-7-5-8/h2*4-7H,1-3H3. The van der Waals surface area contributed by atoms with Gasteiger partial charge >= 0.3 is 0 Å². The molecule has 2 nitrogen and oxygen atoms in total. The van der Waals surface area contributed by atoms with E-state index in [0.717, 1.165) is 0 Å². The van der Waals surface area contributed by atoms with E-state index in [-0.39, 0.29) is 10.8 Å². The summed E-state index contributed by atoms with van der Waals surface area (Å²) in [6.45, 7) is 13.2. The Hall–Kier alpha value is -1.70. The van der Waals surface area contributed by atoms with Crippen LogP contribution in [0.2, 0.25) is 0 Å². The highest BCUT2D eigenvalue weighted by Gasteiger charge is 2.12. The zero-order chi connectivity index (χ0) is 15.2. The summed E-state index contributed by atoms with van der Waals surface area (Å²) in [5, 5.41) is 0. The lowest BCUT2D eigenvalue weighted by Crippen LogP contribution is -2.10. The molecule has 0 amide bonds. The van der Waals surface area contributed by atoms with Crippen LogP contribution in [0.3, 0.4) is 0 Å². The van der Waals surface area contributed by atoms with Crippen molar-refractivity contribution in [3.63, 3.8) is 0 Å². The Labute approximate surface area is 123 Å². The molecule has 0 aliphatic heterocycles. The largest absolute Gasteiger partial charge is 0.265 e. The van der Waals surface area contributed by atoms with Gasteiger partial charge < -0.3 is 0 Å². The molecular formula is C18H26N2. The summed E-state index contributed by atoms with van der Waals surface area (Å²) in [4.78, 5) is 7.92. The molecule has 0 unspecified atom stereocenters. The molecule has 0 bridgehead atoms. The first-order valence-electron chi connectivity index (χ1n) is 7.02. The van der Waals surface area contributed by atoms with E-state index in [4.69, 9.17) is 0 Å². The summed E-state index contributed by atoms with van der Waals surface area (Å²) >= 11 is 0. The fourth-order valence-electron chi connectivity index (χ4n) is 1.70. The molecule has 108 valence electrons. The quantitative estimate of drug-likeness (QED) is 0.690. The molecule has 0 N–H and O–H groups in total. The Kier molecular flexibility index (Phi) is 5.43. The molecule has 2 aromatic heterocycles. The predicted molar refractivity (Wildman–Crippen MR) is 85.9 cm³/mol. The van der Waals surface area contributed by atoms with Gasteiger partial charge in [0.15, 0.2) is 0 Å². The fraction of sp³-hybridized carbons (Fsp3) is 0.444. The van der Waals surface area contributed by atoms with Crippen LogP contribution in [-0.2, 0) is 10.8 Å². The topological polar surface area (TPSA) is 25.8 Å². The van der Waals surface area contributed by atoms with Crippen LogP contribution in [0, 0.1) is 0 Å². The van der Waals surface area contributed by atoms with E-state index in [1.807, 2.05) is 24.8 Å². The van der Waals surface area contributed by atoms with E-state index in [1.165, 1.54) is 11.1 Å². The summed E-state index contributed by atoms with van der Waals surface area (Å²) in [6.07, 6.45) is 7.34. The maximum absolute atomic E-state index is 3.96. The SMILES string of the molecule is CC(C)(C)c1ccncc1.CC(C)(C)c1ccncc1. The molecular weight excluding hydrogens is 244 g/mol. The van der Waals surface area contributed by atoms with Crippen molar-refractivity contribution in [1.29, 1.82) is 0 Å². The van der Waals surface area contributed by atoms with Gasteiger partial charge in [-0.25, -0.2) is 0 Å². The minimum absolute atomic E-state index is 0.253. The summed E-state index contributed by atoms with van der Waals surface area (Å²) in [5.74, 6) is 0. The second-order valence-electron chi connectivity index (χ2n) is 6.97. The van der Waals surface area contributed by atoms with Crippen LogP contribution >= 0.6 is 0 Å². The molecule has 0 fully saturated rings.